The number of hydrogen-bond donors (Lipinski definition) is 1. The van der Waals surface area contributed by atoms with E-state index in [4.69, 9.17) is 4.99 Å². The summed E-state index contributed by atoms with van der Waals surface area (Å²) in [5, 5.41) is 4.99. The molecule has 4 heteroatoms. The van der Waals surface area contributed by atoms with Crippen molar-refractivity contribution in [2.24, 2.45) is 10.9 Å². The molecule has 0 aromatic carbocycles. The van der Waals surface area contributed by atoms with Gasteiger partial charge in [-0.15, -0.1) is 0 Å². The lowest BCUT2D eigenvalue weighted by Crippen LogP contribution is -2.47. The normalized spacial score (nSPS) is 36.0. The largest absolute Gasteiger partial charge is 0.359 e. The summed E-state index contributed by atoms with van der Waals surface area (Å²) in [6.45, 7) is 4.47. The van der Waals surface area contributed by atoms with Gasteiger partial charge < -0.3 is 10.2 Å². The number of amidine groups is 1. The van der Waals surface area contributed by atoms with Crippen molar-refractivity contribution in [2.45, 2.75) is 69.9 Å². The molecule has 1 N–H and O–H groups in total. The summed E-state index contributed by atoms with van der Waals surface area (Å²) in [6, 6.07) is 0.819. The van der Waals surface area contributed by atoms with Gasteiger partial charge in [0.2, 0.25) is 0 Å². The zero-order valence-electron chi connectivity index (χ0n) is 13.7. The fourth-order valence-electron chi connectivity index (χ4n) is 4.33. The van der Waals surface area contributed by atoms with Crippen molar-refractivity contribution in [1.82, 2.24) is 10.2 Å². The van der Waals surface area contributed by atoms with Gasteiger partial charge in [-0.1, -0.05) is 44.4 Å². The molecule has 1 aliphatic heterocycles. The van der Waals surface area contributed by atoms with Gasteiger partial charge in [0.05, 0.1) is 6.54 Å². The molecule has 1 saturated heterocycles. The van der Waals surface area contributed by atoms with Crippen LogP contribution in [0.25, 0.3) is 0 Å². The SMILES string of the molecule is CC1CCCC2(CSC(=NCCN(C)C3CCCC3)N2)C1. The molecule has 3 rings (SSSR count). The van der Waals surface area contributed by atoms with Gasteiger partial charge in [-0.2, -0.15) is 0 Å². The molecule has 0 amide bonds. The molecular formula is C17H31N3S. The second-order valence-corrected chi connectivity index (χ2v) is 8.47. The van der Waals surface area contributed by atoms with Crippen LogP contribution in [-0.2, 0) is 0 Å². The van der Waals surface area contributed by atoms with E-state index in [1.54, 1.807) is 0 Å². The molecule has 3 nitrogen and oxygen atoms in total. The number of hydrogen-bond acceptors (Lipinski definition) is 3. The first-order valence-electron chi connectivity index (χ1n) is 8.83. The third-order valence-electron chi connectivity index (χ3n) is 5.60. The van der Waals surface area contributed by atoms with Crippen molar-refractivity contribution in [3.8, 4) is 0 Å². The molecule has 2 unspecified atom stereocenters. The third kappa shape index (κ3) is 3.95. The fraction of sp³-hybridized carbons (Fsp3) is 0.941. The van der Waals surface area contributed by atoms with Crippen LogP contribution >= 0.6 is 11.8 Å². The van der Waals surface area contributed by atoms with Crippen LogP contribution in [0.4, 0.5) is 0 Å². The Morgan fingerprint density at radius 1 is 1.29 bits per heavy atom. The number of aliphatic imine (C=N–C) groups is 1. The van der Waals surface area contributed by atoms with E-state index in [0.29, 0.717) is 5.54 Å². The van der Waals surface area contributed by atoms with E-state index in [1.807, 2.05) is 11.8 Å². The molecule has 120 valence electrons. The topological polar surface area (TPSA) is 27.6 Å². The second-order valence-electron chi connectivity index (χ2n) is 7.50. The van der Waals surface area contributed by atoms with Crippen LogP contribution in [0.5, 0.6) is 0 Å². The Morgan fingerprint density at radius 2 is 2.10 bits per heavy atom. The van der Waals surface area contributed by atoms with Gasteiger partial charge in [0.15, 0.2) is 5.17 Å². The smallest absolute Gasteiger partial charge is 0.157 e. The first kappa shape index (κ1) is 15.7. The summed E-state index contributed by atoms with van der Waals surface area (Å²) < 4.78 is 0. The van der Waals surface area contributed by atoms with Crippen LogP contribution in [0.1, 0.15) is 58.3 Å². The highest BCUT2D eigenvalue weighted by atomic mass is 32.2. The van der Waals surface area contributed by atoms with Gasteiger partial charge in [-0.05, 0) is 38.6 Å². The van der Waals surface area contributed by atoms with Crippen LogP contribution in [0.3, 0.4) is 0 Å². The van der Waals surface area contributed by atoms with Crippen molar-refractivity contribution in [1.29, 1.82) is 0 Å². The number of thioether (sulfide) groups is 1. The highest BCUT2D eigenvalue weighted by Crippen LogP contribution is 2.38. The predicted octanol–water partition coefficient (Wildman–Crippen LogP) is 3.50. The fourth-order valence-corrected chi connectivity index (χ4v) is 5.55. The molecule has 0 aromatic rings. The molecule has 0 aromatic heterocycles. The average molecular weight is 310 g/mol. The molecule has 0 radical (unpaired) electrons. The third-order valence-corrected chi connectivity index (χ3v) is 6.81. The highest BCUT2D eigenvalue weighted by Gasteiger charge is 2.40. The lowest BCUT2D eigenvalue weighted by Gasteiger charge is -2.36. The maximum Gasteiger partial charge on any atom is 0.157 e. The van der Waals surface area contributed by atoms with E-state index in [2.05, 4.69) is 24.2 Å². The minimum absolute atomic E-state index is 0.374. The van der Waals surface area contributed by atoms with Gasteiger partial charge in [0.1, 0.15) is 0 Å². The quantitative estimate of drug-likeness (QED) is 0.861. The molecule has 2 atom stereocenters. The van der Waals surface area contributed by atoms with Crippen molar-refractivity contribution < 1.29 is 0 Å². The number of nitrogens with one attached hydrogen (secondary N) is 1. The Balaban J connectivity index is 1.45. The Morgan fingerprint density at radius 3 is 2.86 bits per heavy atom. The summed E-state index contributed by atoms with van der Waals surface area (Å²) in [7, 11) is 2.27. The van der Waals surface area contributed by atoms with Gasteiger partial charge in [-0.3, -0.25) is 4.99 Å². The van der Waals surface area contributed by atoms with Crippen molar-refractivity contribution in [3.63, 3.8) is 0 Å². The van der Waals surface area contributed by atoms with E-state index < -0.39 is 0 Å². The van der Waals surface area contributed by atoms with Gasteiger partial charge >= 0.3 is 0 Å². The minimum atomic E-state index is 0.374. The Labute approximate surface area is 134 Å². The zero-order valence-corrected chi connectivity index (χ0v) is 14.6. The Bertz CT molecular complexity index is 378. The Kier molecular flexibility index (Phi) is 5.15. The molecule has 1 spiro atoms. The molecule has 1 heterocycles. The van der Waals surface area contributed by atoms with Crippen LogP contribution in [0.15, 0.2) is 4.99 Å². The van der Waals surface area contributed by atoms with E-state index >= 15 is 0 Å². The first-order valence-corrected chi connectivity index (χ1v) is 9.81. The van der Waals surface area contributed by atoms with E-state index in [-0.39, 0.29) is 0 Å². The van der Waals surface area contributed by atoms with Crippen molar-refractivity contribution >= 4 is 16.9 Å². The highest BCUT2D eigenvalue weighted by molar-refractivity contribution is 8.14. The van der Waals surface area contributed by atoms with Gasteiger partial charge in [-0.25, -0.2) is 0 Å². The van der Waals surface area contributed by atoms with Crippen LogP contribution in [0.2, 0.25) is 0 Å². The average Bonchev–Trinajstić information content (AvgIpc) is 3.09. The van der Waals surface area contributed by atoms with Gasteiger partial charge in [0, 0.05) is 23.9 Å². The predicted molar refractivity (Wildman–Crippen MR) is 93.1 cm³/mol. The maximum absolute atomic E-state index is 4.84. The zero-order chi connectivity index (χ0) is 14.7. The van der Waals surface area contributed by atoms with Gasteiger partial charge in [0.25, 0.3) is 0 Å². The molecular weight excluding hydrogens is 278 g/mol. The lowest BCUT2D eigenvalue weighted by molar-refractivity contribution is 0.241. The van der Waals surface area contributed by atoms with E-state index in [0.717, 1.165) is 25.0 Å². The number of nitrogens with zero attached hydrogens (tertiary/aromatic N) is 2. The van der Waals surface area contributed by atoms with Crippen molar-refractivity contribution in [2.75, 3.05) is 25.9 Å². The summed E-state index contributed by atoms with van der Waals surface area (Å²) in [5.41, 5.74) is 0.374. The first-order chi connectivity index (χ1) is 10.2. The summed E-state index contributed by atoms with van der Waals surface area (Å²) in [4.78, 5) is 7.36. The molecule has 3 fully saturated rings. The number of rotatable bonds is 4. The Hall–Kier alpha value is -0.220. The lowest BCUT2D eigenvalue weighted by atomic mass is 9.78. The number of likely N-dealkylation sites (N-methyl/N-ethyl adjacent to an activating group) is 1. The molecule has 2 saturated carbocycles. The standard InChI is InChI=1S/C17H31N3S/c1-14-6-5-9-17(12-14)13-21-16(19-17)18-10-11-20(2)15-7-3-4-8-15/h14-15H,3-13H2,1-2H3,(H,18,19). The monoisotopic (exact) mass is 309 g/mol. The van der Waals surface area contributed by atoms with Crippen LogP contribution in [-0.4, -0.2) is 47.5 Å². The second kappa shape index (κ2) is 6.91. The summed E-state index contributed by atoms with van der Waals surface area (Å²) in [5.74, 6) is 2.11. The maximum atomic E-state index is 4.84. The summed E-state index contributed by atoms with van der Waals surface area (Å²) in [6.07, 6.45) is 11.1. The molecule has 3 aliphatic rings. The van der Waals surface area contributed by atoms with Crippen LogP contribution < -0.4 is 5.32 Å². The molecule has 2 aliphatic carbocycles. The van der Waals surface area contributed by atoms with E-state index in [9.17, 15) is 0 Å². The van der Waals surface area contributed by atoms with Crippen LogP contribution in [0, 0.1) is 5.92 Å². The summed E-state index contributed by atoms with van der Waals surface area (Å²) >= 11 is 1.95. The molecule has 21 heavy (non-hydrogen) atoms. The van der Waals surface area contributed by atoms with Crippen molar-refractivity contribution in [3.05, 3.63) is 0 Å². The minimum Gasteiger partial charge on any atom is -0.359 e. The van der Waals surface area contributed by atoms with E-state index in [1.165, 1.54) is 62.3 Å². The molecule has 0 bridgehead atoms.